The minimum Gasteiger partial charge on any atom is -0.484 e. The first-order valence-electron chi connectivity index (χ1n) is 14.5. The molecule has 10 nitrogen and oxygen atoms in total. The number of nitrogens with zero attached hydrogens (tertiary/aromatic N) is 2. The zero-order valence-electron chi connectivity index (χ0n) is 24.7. The molecule has 4 rings (SSSR count). The molecule has 1 aliphatic rings. The van der Waals surface area contributed by atoms with Gasteiger partial charge < -0.3 is 24.4 Å². The molecule has 1 aliphatic heterocycles. The van der Waals surface area contributed by atoms with Crippen molar-refractivity contribution in [3.05, 3.63) is 95.0 Å². The fourth-order valence-corrected chi connectivity index (χ4v) is 6.25. The van der Waals surface area contributed by atoms with Crippen LogP contribution in [0.5, 0.6) is 5.75 Å². The number of morpholine rings is 1. The molecule has 0 aliphatic carbocycles. The van der Waals surface area contributed by atoms with Crippen molar-refractivity contribution in [2.45, 2.75) is 30.8 Å². The van der Waals surface area contributed by atoms with E-state index in [2.05, 4.69) is 5.32 Å². The molecule has 1 N–H and O–H groups in total. The van der Waals surface area contributed by atoms with E-state index in [9.17, 15) is 18.0 Å². The number of halogens is 1. The predicted molar refractivity (Wildman–Crippen MR) is 167 cm³/mol. The van der Waals surface area contributed by atoms with Crippen molar-refractivity contribution >= 4 is 33.4 Å². The van der Waals surface area contributed by atoms with Gasteiger partial charge in [-0.2, -0.15) is 4.31 Å². The van der Waals surface area contributed by atoms with Crippen molar-refractivity contribution in [1.82, 2.24) is 14.5 Å². The molecule has 236 valence electrons. The van der Waals surface area contributed by atoms with E-state index in [0.29, 0.717) is 68.8 Å². The largest absolute Gasteiger partial charge is 0.484 e. The van der Waals surface area contributed by atoms with Gasteiger partial charge in [0, 0.05) is 44.4 Å². The van der Waals surface area contributed by atoms with Crippen LogP contribution in [0.1, 0.15) is 30.5 Å². The smallest absolute Gasteiger partial charge is 0.261 e. The Bertz CT molecular complexity index is 1450. The number of hydrogen-bond acceptors (Lipinski definition) is 7. The van der Waals surface area contributed by atoms with E-state index in [0.717, 1.165) is 5.56 Å². The number of sulfonamides is 1. The van der Waals surface area contributed by atoms with Crippen molar-refractivity contribution in [1.29, 1.82) is 0 Å². The molecule has 0 unspecified atom stereocenters. The van der Waals surface area contributed by atoms with Crippen LogP contribution in [-0.4, -0.2) is 82.1 Å². The highest BCUT2D eigenvalue weighted by atomic mass is 35.5. The monoisotopic (exact) mass is 643 g/mol. The molecule has 1 atom stereocenters. The molecule has 12 heteroatoms. The van der Waals surface area contributed by atoms with Gasteiger partial charge in [-0.25, -0.2) is 8.42 Å². The third-order valence-electron chi connectivity index (χ3n) is 7.02. The Hall–Kier alpha value is -3.48. The van der Waals surface area contributed by atoms with Gasteiger partial charge in [-0.3, -0.25) is 9.59 Å². The number of amides is 2. The molecule has 1 fully saturated rings. The Balaban J connectivity index is 1.53. The van der Waals surface area contributed by atoms with E-state index >= 15 is 0 Å². The normalized spacial score (nSPS) is 14.5. The molecule has 44 heavy (non-hydrogen) atoms. The average molecular weight is 644 g/mol. The van der Waals surface area contributed by atoms with E-state index in [1.807, 2.05) is 25.1 Å². The molecule has 0 bridgehead atoms. The molecule has 0 aromatic heterocycles. The van der Waals surface area contributed by atoms with Crippen LogP contribution in [0.4, 0.5) is 0 Å². The second-order valence-electron chi connectivity index (χ2n) is 10.1. The Morgan fingerprint density at radius 1 is 1.00 bits per heavy atom. The Morgan fingerprint density at radius 2 is 1.68 bits per heavy atom. The van der Waals surface area contributed by atoms with Crippen LogP contribution in [0, 0.1) is 0 Å². The highest BCUT2D eigenvalue weighted by Crippen LogP contribution is 2.26. The first-order chi connectivity index (χ1) is 21.3. The third-order valence-corrected chi connectivity index (χ3v) is 9.19. The van der Waals surface area contributed by atoms with Crippen molar-refractivity contribution in [2.24, 2.45) is 0 Å². The van der Waals surface area contributed by atoms with Gasteiger partial charge >= 0.3 is 0 Å². The molecule has 0 radical (unpaired) electrons. The minimum absolute atomic E-state index is 0.127. The van der Waals surface area contributed by atoms with Crippen molar-refractivity contribution in [2.75, 3.05) is 52.7 Å². The molecular formula is C32H38ClN3O7S. The SMILES string of the molecule is CCOCCCNC(=O)[C@H](c1ccccc1)N(Cc1ccc(Cl)cc1)C(=O)COc1ccc(S(=O)(=O)N2CCOCC2)cc1. The molecule has 1 heterocycles. The van der Waals surface area contributed by atoms with E-state index in [1.165, 1.54) is 33.5 Å². The number of benzene rings is 3. The van der Waals surface area contributed by atoms with E-state index in [-0.39, 0.29) is 24.0 Å². The fraction of sp³-hybridized carbons (Fsp3) is 0.375. The molecule has 0 spiro atoms. The molecule has 3 aromatic carbocycles. The van der Waals surface area contributed by atoms with E-state index in [1.54, 1.807) is 36.4 Å². The lowest BCUT2D eigenvalue weighted by atomic mass is 10.0. The zero-order chi connectivity index (χ0) is 31.4. The van der Waals surface area contributed by atoms with Crippen LogP contribution >= 0.6 is 11.6 Å². The van der Waals surface area contributed by atoms with Gasteiger partial charge in [-0.05, 0) is 60.9 Å². The lowest BCUT2D eigenvalue weighted by Gasteiger charge is -2.31. The maximum absolute atomic E-state index is 13.8. The number of nitrogens with one attached hydrogen (secondary N) is 1. The first kappa shape index (κ1) is 33.4. The van der Waals surface area contributed by atoms with Gasteiger partial charge in [0.15, 0.2) is 6.61 Å². The van der Waals surface area contributed by atoms with Crippen LogP contribution in [0.3, 0.4) is 0 Å². The maximum Gasteiger partial charge on any atom is 0.261 e. The summed E-state index contributed by atoms with van der Waals surface area (Å²) in [6.45, 7) is 4.45. The Labute approximate surface area is 263 Å². The van der Waals surface area contributed by atoms with E-state index in [4.69, 9.17) is 25.8 Å². The quantitative estimate of drug-likeness (QED) is 0.249. The van der Waals surface area contributed by atoms with Crippen molar-refractivity contribution in [3.8, 4) is 5.75 Å². The predicted octanol–water partition coefficient (Wildman–Crippen LogP) is 4.05. The summed E-state index contributed by atoms with van der Waals surface area (Å²) >= 11 is 6.09. The molecule has 3 aromatic rings. The summed E-state index contributed by atoms with van der Waals surface area (Å²) in [4.78, 5) is 29.1. The second-order valence-corrected chi connectivity index (χ2v) is 12.5. The van der Waals surface area contributed by atoms with Crippen LogP contribution in [0.15, 0.2) is 83.8 Å². The van der Waals surface area contributed by atoms with Gasteiger partial charge in [0.05, 0.1) is 18.1 Å². The second kappa shape index (κ2) is 16.6. The lowest BCUT2D eigenvalue weighted by molar-refractivity contribution is -0.143. The fourth-order valence-electron chi connectivity index (χ4n) is 4.72. The van der Waals surface area contributed by atoms with Crippen LogP contribution < -0.4 is 10.1 Å². The highest BCUT2D eigenvalue weighted by Gasteiger charge is 2.32. The first-order valence-corrected chi connectivity index (χ1v) is 16.4. The van der Waals surface area contributed by atoms with Crippen LogP contribution in [-0.2, 0) is 35.6 Å². The summed E-state index contributed by atoms with van der Waals surface area (Å²) in [5.41, 5.74) is 1.43. The summed E-state index contributed by atoms with van der Waals surface area (Å²) in [6.07, 6.45) is 0.632. The number of hydrogen-bond donors (Lipinski definition) is 1. The summed E-state index contributed by atoms with van der Waals surface area (Å²) in [5, 5.41) is 3.50. The van der Waals surface area contributed by atoms with Gasteiger partial charge in [0.2, 0.25) is 15.9 Å². The molecule has 0 saturated carbocycles. The Morgan fingerprint density at radius 3 is 2.34 bits per heavy atom. The summed E-state index contributed by atoms with van der Waals surface area (Å²) in [7, 11) is -3.66. The third kappa shape index (κ3) is 9.26. The Kier molecular flexibility index (Phi) is 12.6. The number of carbonyl (C=O) groups excluding carboxylic acids is 2. The number of ether oxygens (including phenoxy) is 3. The summed E-state index contributed by atoms with van der Waals surface area (Å²) < 4.78 is 43.8. The van der Waals surface area contributed by atoms with Gasteiger partial charge in [-0.15, -0.1) is 0 Å². The highest BCUT2D eigenvalue weighted by molar-refractivity contribution is 7.89. The van der Waals surface area contributed by atoms with Crippen molar-refractivity contribution in [3.63, 3.8) is 0 Å². The molecular weight excluding hydrogens is 606 g/mol. The van der Waals surface area contributed by atoms with E-state index < -0.39 is 22.0 Å². The summed E-state index contributed by atoms with van der Waals surface area (Å²) in [6, 6.07) is 21.2. The van der Waals surface area contributed by atoms with Gasteiger partial charge in [-0.1, -0.05) is 54.1 Å². The van der Waals surface area contributed by atoms with Crippen molar-refractivity contribution < 1.29 is 32.2 Å². The van der Waals surface area contributed by atoms with Crippen LogP contribution in [0.25, 0.3) is 0 Å². The topological polar surface area (TPSA) is 114 Å². The minimum atomic E-state index is -3.66. The average Bonchev–Trinajstić information content (AvgIpc) is 3.05. The number of carbonyl (C=O) groups is 2. The summed E-state index contributed by atoms with van der Waals surface area (Å²) in [5.74, 6) is -0.432. The molecule has 1 saturated heterocycles. The van der Waals surface area contributed by atoms with Gasteiger partial charge in [0.1, 0.15) is 11.8 Å². The molecule has 2 amide bonds. The standard InChI is InChI=1S/C32H38ClN3O7S/c1-2-41-20-6-17-34-32(38)31(26-7-4-3-5-8-26)36(23-25-9-11-27(33)12-10-25)30(37)24-43-28-13-15-29(16-14-28)44(39,40)35-18-21-42-22-19-35/h3-5,7-16,31H,2,6,17-24H2,1H3,(H,34,38)/t31-/m0/s1. The van der Waals surface area contributed by atoms with Crippen LogP contribution in [0.2, 0.25) is 5.02 Å². The lowest BCUT2D eigenvalue weighted by Crippen LogP contribution is -2.45. The number of rotatable bonds is 15. The van der Waals surface area contributed by atoms with Gasteiger partial charge in [0.25, 0.3) is 5.91 Å². The maximum atomic E-state index is 13.8. The zero-order valence-corrected chi connectivity index (χ0v) is 26.3.